The van der Waals surface area contributed by atoms with Gasteiger partial charge in [-0.3, -0.25) is 0 Å². The van der Waals surface area contributed by atoms with Crippen molar-refractivity contribution in [3.05, 3.63) is 30.3 Å². The molecule has 16 heavy (non-hydrogen) atoms. The first-order valence-electron chi connectivity index (χ1n) is 6.52. The molecule has 0 amide bonds. The predicted octanol–water partition coefficient (Wildman–Crippen LogP) is 4.65. The normalized spacial score (nSPS) is 12.6. The second-order valence-electron chi connectivity index (χ2n) is 4.42. The van der Waals surface area contributed by atoms with Gasteiger partial charge in [0.2, 0.25) is 0 Å². The van der Waals surface area contributed by atoms with Gasteiger partial charge in [-0.2, -0.15) is 0 Å². The van der Waals surface area contributed by atoms with E-state index in [1.165, 1.54) is 49.2 Å². The Morgan fingerprint density at radius 2 is 1.50 bits per heavy atom. The molecule has 0 aliphatic carbocycles. The van der Waals surface area contributed by atoms with Crippen LogP contribution in [0.3, 0.4) is 0 Å². The topological polar surface area (TPSA) is 0 Å². The maximum Gasteiger partial charge on any atom is 0.154 e. The highest BCUT2D eigenvalue weighted by Crippen LogP contribution is 2.13. The lowest BCUT2D eigenvalue weighted by Crippen LogP contribution is -2.05. The molecule has 1 aromatic rings. The molecule has 0 aliphatic rings. The number of hydrogen-bond acceptors (Lipinski definition) is 0. The maximum atomic E-state index is 2.38. The molecule has 0 aliphatic heterocycles. The molecule has 0 saturated carbocycles. The van der Waals surface area contributed by atoms with Crippen molar-refractivity contribution in [3.63, 3.8) is 0 Å². The first-order chi connectivity index (χ1) is 7.84. The molecule has 0 fully saturated rings. The third-order valence-corrected chi connectivity index (χ3v) is 4.93. The van der Waals surface area contributed by atoms with Crippen molar-refractivity contribution in [1.82, 2.24) is 0 Å². The molecule has 1 atom stereocenters. The number of hydrogen-bond donors (Lipinski definition) is 0. The fraction of sp³-hybridized carbons (Fsp3) is 0.600. The number of unbranched alkanes of at least 4 members (excludes halogenated alkanes) is 5. The molecule has 1 unspecified atom stereocenters. The van der Waals surface area contributed by atoms with Gasteiger partial charge in [-0.15, -0.1) is 0 Å². The Morgan fingerprint density at radius 1 is 0.875 bits per heavy atom. The molecule has 0 N–H and O–H groups in total. The summed E-state index contributed by atoms with van der Waals surface area (Å²) < 4.78 is 0. The van der Waals surface area contributed by atoms with Gasteiger partial charge < -0.3 is 0 Å². The third-order valence-electron chi connectivity index (χ3n) is 2.95. The second-order valence-corrected chi connectivity index (χ2v) is 6.58. The molecule has 1 aromatic carbocycles. The Balaban J connectivity index is 2.09. The standard InChI is InChI=1S/C15H25S/c1-3-4-5-6-7-11-14-16(2)15-12-9-8-10-13-15/h8-10,12-13H,3-7,11,14H2,1-2H3/q+1. The van der Waals surface area contributed by atoms with E-state index in [4.69, 9.17) is 0 Å². The van der Waals surface area contributed by atoms with E-state index in [1.54, 1.807) is 0 Å². The Labute approximate surface area is 104 Å². The Bertz CT molecular complexity index is 255. The summed E-state index contributed by atoms with van der Waals surface area (Å²) in [4.78, 5) is 1.52. The van der Waals surface area contributed by atoms with E-state index in [0.717, 1.165) is 0 Å². The van der Waals surface area contributed by atoms with Crippen molar-refractivity contribution in [1.29, 1.82) is 0 Å². The van der Waals surface area contributed by atoms with E-state index in [2.05, 4.69) is 43.5 Å². The van der Waals surface area contributed by atoms with Gasteiger partial charge in [0.1, 0.15) is 12.0 Å². The summed E-state index contributed by atoms with van der Waals surface area (Å²) in [5.74, 6) is 1.37. The van der Waals surface area contributed by atoms with Gasteiger partial charge in [0.15, 0.2) is 4.90 Å². The largest absolute Gasteiger partial charge is 0.154 e. The number of benzene rings is 1. The highest BCUT2D eigenvalue weighted by Gasteiger charge is 2.13. The average molecular weight is 237 g/mol. The van der Waals surface area contributed by atoms with Crippen molar-refractivity contribution < 1.29 is 0 Å². The average Bonchev–Trinajstić information content (AvgIpc) is 2.34. The van der Waals surface area contributed by atoms with Gasteiger partial charge in [0, 0.05) is 10.9 Å². The van der Waals surface area contributed by atoms with Crippen molar-refractivity contribution in [3.8, 4) is 0 Å². The Morgan fingerprint density at radius 3 is 2.19 bits per heavy atom. The summed E-state index contributed by atoms with van der Waals surface area (Å²) in [5, 5.41) is 0. The van der Waals surface area contributed by atoms with E-state index in [-0.39, 0.29) is 0 Å². The SMILES string of the molecule is CCCCCCCC[S+](C)c1ccccc1. The molecule has 0 bridgehead atoms. The molecule has 1 rings (SSSR count). The van der Waals surface area contributed by atoms with Gasteiger partial charge in [0.25, 0.3) is 0 Å². The van der Waals surface area contributed by atoms with Crippen LogP contribution >= 0.6 is 0 Å². The van der Waals surface area contributed by atoms with Crippen molar-refractivity contribution in [2.75, 3.05) is 12.0 Å². The lowest BCUT2D eigenvalue weighted by atomic mass is 10.1. The molecular formula is C15H25S+. The van der Waals surface area contributed by atoms with Crippen LogP contribution in [0.25, 0.3) is 0 Å². The van der Waals surface area contributed by atoms with Crippen molar-refractivity contribution >= 4 is 10.9 Å². The first-order valence-corrected chi connectivity index (χ1v) is 8.32. The molecule has 1 heteroatoms. The molecule has 0 aromatic heterocycles. The van der Waals surface area contributed by atoms with Crippen molar-refractivity contribution in [2.45, 2.75) is 50.3 Å². The zero-order valence-corrected chi connectivity index (χ0v) is 11.6. The van der Waals surface area contributed by atoms with Crippen LogP contribution in [0.15, 0.2) is 35.2 Å². The van der Waals surface area contributed by atoms with E-state index >= 15 is 0 Å². The lowest BCUT2D eigenvalue weighted by Gasteiger charge is -2.03. The molecule has 0 nitrogen and oxygen atoms in total. The van der Waals surface area contributed by atoms with Crippen LogP contribution in [-0.2, 0) is 10.9 Å². The second kappa shape index (κ2) is 8.69. The van der Waals surface area contributed by atoms with Crippen LogP contribution in [0.2, 0.25) is 0 Å². The van der Waals surface area contributed by atoms with E-state index in [9.17, 15) is 0 Å². The molecule has 0 heterocycles. The Hall–Kier alpha value is -0.430. The fourth-order valence-electron chi connectivity index (χ4n) is 1.87. The van der Waals surface area contributed by atoms with Gasteiger partial charge in [0.05, 0.1) is 0 Å². The minimum atomic E-state index is 0.459. The summed E-state index contributed by atoms with van der Waals surface area (Å²) >= 11 is 0. The van der Waals surface area contributed by atoms with Crippen LogP contribution in [0.4, 0.5) is 0 Å². The predicted molar refractivity (Wildman–Crippen MR) is 76.2 cm³/mol. The quantitative estimate of drug-likeness (QED) is 0.456. The highest BCUT2D eigenvalue weighted by molar-refractivity contribution is 7.96. The molecule has 0 saturated heterocycles. The Kier molecular flexibility index (Phi) is 7.41. The molecule has 90 valence electrons. The highest BCUT2D eigenvalue weighted by atomic mass is 32.2. The van der Waals surface area contributed by atoms with Gasteiger partial charge >= 0.3 is 0 Å². The summed E-state index contributed by atoms with van der Waals surface area (Å²) in [6, 6.07) is 10.9. The van der Waals surface area contributed by atoms with Crippen LogP contribution in [0.1, 0.15) is 45.4 Å². The fourth-order valence-corrected chi connectivity index (χ4v) is 3.36. The minimum absolute atomic E-state index is 0.459. The maximum absolute atomic E-state index is 2.38. The minimum Gasteiger partial charge on any atom is -0.0654 e. The summed E-state index contributed by atoms with van der Waals surface area (Å²) in [6.45, 7) is 2.28. The van der Waals surface area contributed by atoms with Gasteiger partial charge in [-0.25, -0.2) is 0 Å². The van der Waals surface area contributed by atoms with Crippen LogP contribution in [0.5, 0.6) is 0 Å². The van der Waals surface area contributed by atoms with Crippen molar-refractivity contribution in [2.24, 2.45) is 0 Å². The smallest absolute Gasteiger partial charge is 0.0654 e. The monoisotopic (exact) mass is 237 g/mol. The van der Waals surface area contributed by atoms with E-state index < -0.39 is 0 Å². The number of rotatable bonds is 8. The lowest BCUT2D eigenvalue weighted by molar-refractivity contribution is 0.626. The van der Waals surface area contributed by atoms with Gasteiger partial charge in [-0.1, -0.05) is 50.8 Å². The van der Waals surface area contributed by atoms with Crippen LogP contribution in [-0.4, -0.2) is 12.0 Å². The van der Waals surface area contributed by atoms with E-state index in [1.807, 2.05) is 0 Å². The zero-order chi connectivity index (χ0) is 11.6. The molecular weight excluding hydrogens is 212 g/mol. The summed E-state index contributed by atoms with van der Waals surface area (Å²) in [7, 11) is 0.459. The molecule has 0 spiro atoms. The van der Waals surface area contributed by atoms with Crippen LogP contribution < -0.4 is 0 Å². The summed E-state index contributed by atoms with van der Waals surface area (Å²) in [5.41, 5.74) is 0. The first kappa shape index (κ1) is 13.6. The molecule has 0 radical (unpaired) electrons. The van der Waals surface area contributed by atoms with E-state index in [0.29, 0.717) is 10.9 Å². The third kappa shape index (κ3) is 5.60. The van der Waals surface area contributed by atoms with Crippen LogP contribution in [0, 0.1) is 0 Å². The zero-order valence-electron chi connectivity index (χ0n) is 10.7. The van der Waals surface area contributed by atoms with Gasteiger partial charge in [-0.05, 0) is 25.0 Å². The summed E-state index contributed by atoms with van der Waals surface area (Å²) in [6.07, 6.45) is 10.8.